The monoisotopic (exact) mass is 455 g/mol. The van der Waals surface area contributed by atoms with Gasteiger partial charge in [-0.2, -0.15) is 0 Å². The summed E-state index contributed by atoms with van der Waals surface area (Å²) in [5.74, 6) is 0. The first kappa shape index (κ1) is 25.4. The lowest BCUT2D eigenvalue weighted by molar-refractivity contribution is 0.00578. The highest BCUT2D eigenvalue weighted by atomic mass is 32.2. The number of benzene rings is 1. The average Bonchev–Trinajstić information content (AvgIpc) is 2.77. The molecule has 0 aliphatic carbocycles. The van der Waals surface area contributed by atoms with Crippen LogP contribution in [0.2, 0.25) is 18.1 Å². The second-order valence-corrected chi connectivity index (χ2v) is 17.3. The molecule has 1 heterocycles. The van der Waals surface area contributed by atoms with Crippen molar-refractivity contribution in [2.45, 2.75) is 77.8 Å². The smallest absolute Gasteiger partial charge is 0.415 e. The Morgan fingerprint density at radius 3 is 1.90 bits per heavy atom. The summed E-state index contributed by atoms with van der Waals surface area (Å²) in [4.78, 5) is 0. The van der Waals surface area contributed by atoms with Crippen molar-refractivity contribution in [3.05, 3.63) is 24.3 Å². The van der Waals surface area contributed by atoms with Gasteiger partial charge in [-0.3, -0.25) is 4.31 Å². The van der Waals surface area contributed by atoms with Gasteiger partial charge in [-0.1, -0.05) is 32.9 Å². The number of hydrogen-bond donors (Lipinski definition) is 0. The molecule has 0 N–H and O–H groups in total. The molecule has 1 aromatic rings. The first-order chi connectivity index (χ1) is 13.4. The standard InChI is InChI=1S/C21H38BNO5SSi/c1-19(2,3)30(9,10)26-16-15-23(29(8,24)25)18-13-11-17(12-14-18)22-27-20(4,5)21(6,7)28-22/h11-14H,15-16H2,1-10H3. The van der Waals surface area contributed by atoms with E-state index in [-0.39, 0.29) is 11.6 Å². The van der Waals surface area contributed by atoms with Gasteiger partial charge in [-0.25, -0.2) is 8.42 Å². The van der Waals surface area contributed by atoms with Crippen LogP contribution in [-0.2, 0) is 23.8 Å². The molecule has 0 aromatic heterocycles. The predicted molar refractivity (Wildman–Crippen MR) is 127 cm³/mol. The fraction of sp³-hybridized carbons (Fsp3) is 0.714. The molecule has 0 bridgehead atoms. The predicted octanol–water partition coefficient (Wildman–Crippen LogP) is 3.77. The summed E-state index contributed by atoms with van der Waals surface area (Å²) in [5.41, 5.74) is 0.631. The van der Waals surface area contributed by atoms with E-state index in [2.05, 4.69) is 33.9 Å². The van der Waals surface area contributed by atoms with Gasteiger partial charge in [0.25, 0.3) is 0 Å². The fourth-order valence-corrected chi connectivity index (χ4v) is 4.81. The van der Waals surface area contributed by atoms with Crippen molar-refractivity contribution in [2.24, 2.45) is 0 Å². The zero-order valence-electron chi connectivity index (χ0n) is 20.2. The SMILES string of the molecule is CC1(C)OB(c2ccc(N(CCO[Si](C)(C)C(C)(C)C)S(C)(=O)=O)cc2)OC1(C)C. The van der Waals surface area contributed by atoms with Crippen molar-refractivity contribution in [3.63, 3.8) is 0 Å². The Labute approximate surface area is 184 Å². The quantitative estimate of drug-likeness (QED) is 0.586. The van der Waals surface area contributed by atoms with Crippen molar-refractivity contribution >= 4 is 36.6 Å². The maximum atomic E-state index is 12.4. The summed E-state index contributed by atoms with van der Waals surface area (Å²) in [7, 11) is -5.85. The van der Waals surface area contributed by atoms with Gasteiger partial charge in [0.1, 0.15) is 0 Å². The molecule has 0 unspecified atom stereocenters. The lowest BCUT2D eigenvalue weighted by Gasteiger charge is -2.36. The number of sulfonamides is 1. The first-order valence-corrected chi connectivity index (χ1v) is 15.2. The van der Waals surface area contributed by atoms with E-state index in [1.807, 2.05) is 39.8 Å². The minimum atomic E-state index is -3.43. The molecule has 0 atom stereocenters. The van der Waals surface area contributed by atoms with Crippen molar-refractivity contribution in [1.82, 2.24) is 0 Å². The van der Waals surface area contributed by atoms with Crippen LogP contribution in [0.3, 0.4) is 0 Å². The van der Waals surface area contributed by atoms with Crippen molar-refractivity contribution in [2.75, 3.05) is 23.7 Å². The molecule has 0 amide bonds. The third-order valence-corrected chi connectivity index (χ3v) is 12.4. The molecule has 0 spiro atoms. The first-order valence-electron chi connectivity index (χ1n) is 10.4. The zero-order valence-corrected chi connectivity index (χ0v) is 22.0. The van der Waals surface area contributed by atoms with E-state index in [0.29, 0.717) is 12.3 Å². The highest BCUT2D eigenvalue weighted by molar-refractivity contribution is 7.92. The molecule has 1 fully saturated rings. The van der Waals surface area contributed by atoms with Gasteiger partial charge in [0.05, 0.1) is 36.3 Å². The number of nitrogens with zero attached hydrogens (tertiary/aromatic N) is 1. The third-order valence-electron chi connectivity index (χ3n) is 6.67. The minimum absolute atomic E-state index is 0.0768. The highest BCUT2D eigenvalue weighted by Crippen LogP contribution is 2.37. The molecule has 1 aromatic carbocycles. The van der Waals surface area contributed by atoms with Crippen LogP contribution in [0.25, 0.3) is 0 Å². The third kappa shape index (κ3) is 5.48. The normalized spacial score (nSPS) is 19.2. The van der Waals surface area contributed by atoms with Crippen LogP contribution in [0.5, 0.6) is 0 Å². The summed E-state index contributed by atoms with van der Waals surface area (Å²) >= 11 is 0. The van der Waals surface area contributed by atoms with E-state index in [0.717, 1.165) is 5.46 Å². The summed E-state index contributed by atoms with van der Waals surface area (Å²) < 4.78 is 44.6. The van der Waals surface area contributed by atoms with E-state index in [4.69, 9.17) is 13.7 Å². The molecule has 170 valence electrons. The van der Waals surface area contributed by atoms with Gasteiger partial charge in [0, 0.05) is 0 Å². The van der Waals surface area contributed by atoms with Crippen LogP contribution in [0.4, 0.5) is 5.69 Å². The summed E-state index contributed by atoms with van der Waals surface area (Å²) in [5, 5.41) is 0.0768. The largest absolute Gasteiger partial charge is 0.494 e. The maximum Gasteiger partial charge on any atom is 0.494 e. The molecule has 0 radical (unpaired) electrons. The molecule has 30 heavy (non-hydrogen) atoms. The molecule has 1 saturated heterocycles. The molecule has 2 rings (SSSR count). The van der Waals surface area contributed by atoms with E-state index < -0.39 is 36.7 Å². The Balaban J connectivity index is 2.15. The molecule has 6 nitrogen and oxygen atoms in total. The van der Waals surface area contributed by atoms with Gasteiger partial charge < -0.3 is 13.7 Å². The van der Waals surface area contributed by atoms with Crippen molar-refractivity contribution in [3.8, 4) is 0 Å². The van der Waals surface area contributed by atoms with E-state index in [1.165, 1.54) is 10.6 Å². The van der Waals surface area contributed by atoms with Crippen LogP contribution in [0, 0.1) is 0 Å². The zero-order chi connectivity index (χ0) is 23.2. The molecular weight excluding hydrogens is 417 g/mol. The summed E-state index contributed by atoms with van der Waals surface area (Å²) in [6, 6.07) is 7.33. The molecular formula is C21H38BNO5SSi. The fourth-order valence-electron chi connectivity index (χ4n) is 2.86. The Hall–Kier alpha value is -0.868. The molecule has 0 saturated carbocycles. The Morgan fingerprint density at radius 2 is 1.50 bits per heavy atom. The van der Waals surface area contributed by atoms with Crippen LogP contribution in [0.15, 0.2) is 24.3 Å². The van der Waals surface area contributed by atoms with Crippen LogP contribution in [-0.4, -0.2) is 54.5 Å². The van der Waals surface area contributed by atoms with E-state index >= 15 is 0 Å². The van der Waals surface area contributed by atoms with Gasteiger partial charge in [0.15, 0.2) is 8.32 Å². The maximum absolute atomic E-state index is 12.4. The van der Waals surface area contributed by atoms with Crippen molar-refractivity contribution in [1.29, 1.82) is 0 Å². The summed E-state index contributed by atoms with van der Waals surface area (Å²) in [6.45, 7) is 19.5. The second-order valence-electron chi connectivity index (χ2n) is 10.6. The number of anilines is 1. The van der Waals surface area contributed by atoms with Gasteiger partial charge in [-0.15, -0.1) is 0 Å². The van der Waals surface area contributed by atoms with E-state index in [9.17, 15) is 8.42 Å². The van der Waals surface area contributed by atoms with Gasteiger partial charge in [0.2, 0.25) is 10.0 Å². The Morgan fingerprint density at radius 1 is 1.03 bits per heavy atom. The van der Waals surface area contributed by atoms with Crippen LogP contribution in [0.1, 0.15) is 48.5 Å². The molecule has 1 aliphatic rings. The topological polar surface area (TPSA) is 65.1 Å². The number of rotatable bonds is 7. The Bertz CT molecular complexity index is 831. The summed E-state index contributed by atoms with van der Waals surface area (Å²) in [6.07, 6.45) is 1.22. The van der Waals surface area contributed by atoms with E-state index in [1.54, 1.807) is 12.1 Å². The van der Waals surface area contributed by atoms with Gasteiger partial charge >= 0.3 is 7.12 Å². The lowest BCUT2D eigenvalue weighted by atomic mass is 9.79. The average molecular weight is 456 g/mol. The Kier molecular flexibility index (Phi) is 6.97. The highest BCUT2D eigenvalue weighted by Gasteiger charge is 2.51. The lowest BCUT2D eigenvalue weighted by Crippen LogP contribution is -2.43. The minimum Gasteiger partial charge on any atom is -0.415 e. The molecule has 1 aliphatic heterocycles. The number of hydrogen-bond acceptors (Lipinski definition) is 5. The van der Waals surface area contributed by atoms with Crippen molar-refractivity contribution < 1.29 is 22.2 Å². The van der Waals surface area contributed by atoms with Crippen LogP contribution >= 0.6 is 0 Å². The van der Waals surface area contributed by atoms with Crippen LogP contribution < -0.4 is 9.77 Å². The molecule has 9 heteroatoms. The van der Waals surface area contributed by atoms with Gasteiger partial charge in [-0.05, 0) is 63.4 Å². The second kappa shape index (κ2) is 8.24.